The summed E-state index contributed by atoms with van der Waals surface area (Å²) in [6.07, 6.45) is 1.82. The maximum atomic E-state index is 12.9. The minimum absolute atomic E-state index is 0.220. The van der Waals surface area contributed by atoms with Gasteiger partial charge in [0.15, 0.2) is 0 Å². The molecule has 5 nitrogen and oxygen atoms in total. The van der Waals surface area contributed by atoms with Gasteiger partial charge in [0.2, 0.25) is 10.0 Å². The van der Waals surface area contributed by atoms with Crippen LogP contribution in [-0.2, 0) is 16.4 Å². The molecule has 1 N–H and O–H groups in total. The standard InChI is InChI=1S/C16H16N2O3S2/c1-23(20,21)17-14-5-3-2-4-13(14)16(19)18-9-8-11-10-12(22)6-7-15(11)18/h2-7,10,17,22H,8-9H2,1H3. The number of hydrogen-bond donors (Lipinski definition) is 2. The Kier molecular flexibility index (Phi) is 4.08. The first-order valence-corrected chi connectivity index (χ1v) is 9.39. The van der Waals surface area contributed by atoms with Crippen LogP contribution in [0.15, 0.2) is 47.4 Å². The maximum absolute atomic E-state index is 12.9. The second-order valence-electron chi connectivity index (χ2n) is 5.44. The Bertz CT molecular complexity index is 879. The number of sulfonamides is 1. The molecule has 0 fully saturated rings. The molecule has 7 heteroatoms. The predicted molar refractivity (Wildman–Crippen MR) is 94.0 cm³/mol. The van der Waals surface area contributed by atoms with E-state index in [4.69, 9.17) is 0 Å². The van der Waals surface area contributed by atoms with Gasteiger partial charge < -0.3 is 4.90 Å². The highest BCUT2D eigenvalue weighted by Crippen LogP contribution is 2.32. The van der Waals surface area contributed by atoms with Gasteiger partial charge >= 0.3 is 0 Å². The molecule has 0 spiro atoms. The minimum Gasteiger partial charge on any atom is -0.308 e. The first kappa shape index (κ1) is 15.9. The average molecular weight is 348 g/mol. The number of thiol groups is 1. The molecule has 1 amide bonds. The van der Waals surface area contributed by atoms with Crippen molar-refractivity contribution in [2.24, 2.45) is 0 Å². The van der Waals surface area contributed by atoms with Crippen molar-refractivity contribution in [2.75, 3.05) is 22.4 Å². The van der Waals surface area contributed by atoms with Crippen LogP contribution in [0.1, 0.15) is 15.9 Å². The Balaban J connectivity index is 1.97. The van der Waals surface area contributed by atoms with E-state index in [1.165, 1.54) is 0 Å². The van der Waals surface area contributed by atoms with Gasteiger partial charge in [-0.25, -0.2) is 8.42 Å². The van der Waals surface area contributed by atoms with Gasteiger partial charge in [0.05, 0.1) is 17.5 Å². The zero-order chi connectivity index (χ0) is 16.6. The largest absolute Gasteiger partial charge is 0.308 e. The number of fused-ring (bicyclic) bond motifs is 1. The number of rotatable bonds is 3. The molecule has 23 heavy (non-hydrogen) atoms. The van der Waals surface area contributed by atoms with Crippen LogP contribution < -0.4 is 9.62 Å². The van der Waals surface area contributed by atoms with Crippen LogP contribution in [-0.4, -0.2) is 27.1 Å². The van der Waals surface area contributed by atoms with Crippen LogP contribution >= 0.6 is 12.6 Å². The SMILES string of the molecule is CS(=O)(=O)Nc1ccccc1C(=O)N1CCc2cc(S)ccc21. The number of nitrogens with zero attached hydrogens (tertiary/aromatic N) is 1. The van der Waals surface area contributed by atoms with Crippen molar-refractivity contribution in [3.05, 3.63) is 53.6 Å². The number of para-hydroxylation sites is 1. The number of amides is 1. The molecule has 2 aromatic carbocycles. The molecule has 1 aliphatic heterocycles. The molecule has 2 aromatic rings. The van der Waals surface area contributed by atoms with E-state index < -0.39 is 10.0 Å². The smallest absolute Gasteiger partial charge is 0.260 e. The number of anilines is 2. The predicted octanol–water partition coefficient (Wildman–Crippen LogP) is 2.55. The monoisotopic (exact) mass is 348 g/mol. The van der Waals surface area contributed by atoms with E-state index in [-0.39, 0.29) is 5.91 Å². The zero-order valence-electron chi connectivity index (χ0n) is 12.5. The first-order valence-electron chi connectivity index (χ1n) is 7.06. The lowest BCUT2D eigenvalue weighted by Gasteiger charge is -2.19. The molecule has 0 bridgehead atoms. The minimum atomic E-state index is -3.45. The fourth-order valence-corrected chi connectivity index (χ4v) is 3.51. The highest BCUT2D eigenvalue weighted by molar-refractivity contribution is 7.92. The van der Waals surface area contributed by atoms with Gasteiger partial charge in [0, 0.05) is 17.1 Å². The molecule has 0 saturated carbocycles. The molecule has 0 saturated heterocycles. The van der Waals surface area contributed by atoms with E-state index in [1.54, 1.807) is 29.2 Å². The van der Waals surface area contributed by atoms with Crippen molar-refractivity contribution in [1.82, 2.24) is 0 Å². The number of benzene rings is 2. The Labute approximate surface area is 140 Å². The lowest BCUT2D eigenvalue weighted by molar-refractivity contribution is 0.0990. The topological polar surface area (TPSA) is 66.5 Å². The van der Waals surface area contributed by atoms with Gasteiger partial charge in [-0.3, -0.25) is 9.52 Å². The molecular weight excluding hydrogens is 332 g/mol. The summed E-state index contributed by atoms with van der Waals surface area (Å²) >= 11 is 4.32. The molecule has 120 valence electrons. The molecule has 1 heterocycles. The lowest BCUT2D eigenvalue weighted by atomic mass is 10.1. The highest BCUT2D eigenvalue weighted by Gasteiger charge is 2.27. The van der Waals surface area contributed by atoms with E-state index >= 15 is 0 Å². The lowest BCUT2D eigenvalue weighted by Crippen LogP contribution is -2.30. The Hall–Kier alpha value is -1.99. The molecular formula is C16H16N2O3S2. The van der Waals surface area contributed by atoms with Gasteiger partial charge in [-0.15, -0.1) is 12.6 Å². The second-order valence-corrected chi connectivity index (χ2v) is 7.70. The van der Waals surface area contributed by atoms with Crippen molar-refractivity contribution >= 4 is 39.9 Å². The summed E-state index contributed by atoms with van der Waals surface area (Å²) in [5.74, 6) is -0.220. The van der Waals surface area contributed by atoms with Crippen molar-refractivity contribution in [2.45, 2.75) is 11.3 Å². The third kappa shape index (κ3) is 3.35. The van der Waals surface area contributed by atoms with Gasteiger partial charge in [-0.1, -0.05) is 12.1 Å². The molecule has 0 atom stereocenters. The van der Waals surface area contributed by atoms with E-state index in [0.29, 0.717) is 17.8 Å². The fourth-order valence-electron chi connectivity index (χ4n) is 2.70. The number of carbonyl (C=O) groups excluding carboxylic acids is 1. The normalized spacial score (nSPS) is 13.7. The summed E-state index contributed by atoms with van der Waals surface area (Å²) in [5, 5.41) is 0. The summed E-state index contributed by atoms with van der Waals surface area (Å²) < 4.78 is 25.4. The maximum Gasteiger partial charge on any atom is 0.260 e. The third-order valence-corrected chi connectivity index (χ3v) is 4.53. The van der Waals surface area contributed by atoms with E-state index in [0.717, 1.165) is 28.8 Å². The van der Waals surface area contributed by atoms with E-state index in [2.05, 4.69) is 17.4 Å². The first-order chi connectivity index (χ1) is 10.8. The molecule has 1 aliphatic rings. The number of nitrogens with one attached hydrogen (secondary N) is 1. The summed E-state index contributed by atoms with van der Waals surface area (Å²) in [4.78, 5) is 15.4. The summed E-state index contributed by atoms with van der Waals surface area (Å²) in [6.45, 7) is 0.568. The number of carbonyl (C=O) groups is 1. The van der Waals surface area contributed by atoms with Gasteiger partial charge in [0.25, 0.3) is 5.91 Å². The van der Waals surface area contributed by atoms with Gasteiger partial charge in [-0.2, -0.15) is 0 Å². The highest BCUT2D eigenvalue weighted by atomic mass is 32.2. The van der Waals surface area contributed by atoms with Crippen LogP contribution in [0.3, 0.4) is 0 Å². The Morgan fingerprint density at radius 2 is 1.96 bits per heavy atom. The van der Waals surface area contributed by atoms with Crippen LogP contribution in [0.25, 0.3) is 0 Å². The van der Waals surface area contributed by atoms with Crippen LogP contribution in [0.2, 0.25) is 0 Å². The van der Waals surface area contributed by atoms with Crippen LogP contribution in [0, 0.1) is 0 Å². The van der Waals surface area contributed by atoms with E-state index in [1.807, 2.05) is 18.2 Å². The van der Waals surface area contributed by atoms with Crippen molar-refractivity contribution in [3.63, 3.8) is 0 Å². The van der Waals surface area contributed by atoms with Gasteiger partial charge in [-0.05, 0) is 42.3 Å². The third-order valence-electron chi connectivity index (χ3n) is 3.66. The molecule has 0 aliphatic carbocycles. The summed E-state index contributed by atoms with van der Waals surface area (Å²) in [5.41, 5.74) is 2.54. The fraction of sp³-hybridized carbons (Fsp3) is 0.188. The second kappa shape index (κ2) is 5.90. The zero-order valence-corrected chi connectivity index (χ0v) is 14.2. The molecule has 0 radical (unpaired) electrons. The molecule has 3 rings (SSSR count). The average Bonchev–Trinajstić information content (AvgIpc) is 2.88. The molecule has 0 aromatic heterocycles. The number of hydrogen-bond acceptors (Lipinski definition) is 4. The van der Waals surface area contributed by atoms with Crippen molar-refractivity contribution in [1.29, 1.82) is 0 Å². The Morgan fingerprint density at radius 1 is 1.22 bits per heavy atom. The van der Waals surface area contributed by atoms with Gasteiger partial charge in [0.1, 0.15) is 0 Å². The van der Waals surface area contributed by atoms with Crippen LogP contribution in [0.5, 0.6) is 0 Å². The Morgan fingerprint density at radius 3 is 2.70 bits per heavy atom. The van der Waals surface area contributed by atoms with Crippen molar-refractivity contribution in [3.8, 4) is 0 Å². The van der Waals surface area contributed by atoms with E-state index in [9.17, 15) is 13.2 Å². The summed E-state index contributed by atoms with van der Waals surface area (Å²) in [7, 11) is -3.45. The van der Waals surface area contributed by atoms with Crippen LogP contribution in [0.4, 0.5) is 11.4 Å². The van der Waals surface area contributed by atoms with Crippen molar-refractivity contribution < 1.29 is 13.2 Å². The molecule has 0 unspecified atom stereocenters. The quantitative estimate of drug-likeness (QED) is 0.838. The summed E-state index contributed by atoms with van der Waals surface area (Å²) in [6, 6.07) is 12.3.